The molecule has 8 rings (SSSR count). The van der Waals surface area contributed by atoms with Gasteiger partial charge in [0, 0.05) is 17.3 Å². The smallest absolute Gasteiger partial charge is 0.167 e. The van der Waals surface area contributed by atoms with Gasteiger partial charge in [-0.1, -0.05) is 142 Å². The molecule has 0 aliphatic carbocycles. The maximum Gasteiger partial charge on any atom is 0.167 e. The van der Waals surface area contributed by atoms with E-state index >= 15 is 0 Å². The van der Waals surface area contributed by atoms with Crippen LogP contribution >= 0.6 is 0 Å². The maximum atomic E-state index is 11.0. The third-order valence-corrected chi connectivity index (χ3v) is 13.6. The summed E-state index contributed by atoms with van der Waals surface area (Å²) in [6.45, 7) is 13.5. The van der Waals surface area contributed by atoms with Crippen LogP contribution in [-0.4, -0.2) is 32.5 Å². The quantitative estimate of drug-likeness (QED) is 0.186. The Morgan fingerprint density at radius 2 is 1.34 bits per heavy atom. The minimum absolute atomic E-state index is 0.0960. The molecule has 3 heterocycles. The second-order valence-corrected chi connectivity index (χ2v) is 19.1. The van der Waals surface area contributed by atoms with Gasteiger partial charge in [-0.05, 0) is 63.5 Å². The summed E-state index contributed by atoms with van der Waals surface area (Å²) in [4.78, 5) is 15.3. The number of phenols is 1. The summed E-state index contributed by atoms with van der Waals surface area (Å²) in [5.41, 5.74) is 12.2. The van der Waals surface area contributed by atoms with Gasteiger partial charge in [0.1, 0.15) is 25.2 Å². The molecule has 0 atom stereocenters. The Balaban J connectivity index is 1.47. The molecular weight excluding hydrogens is 629 g/mol. The summed E-state index contributed by atoms with van der Waals surface area (Å²) in [6.07, 6.45) is 1.82. The largest absolute Gasteiger partial charge is 0.508 e. The molecule has 1 N–H and O–H groups in total. The van der Waals surface area contributed by atoms with E-state index in [1.54, 1.807) is 6.07 Å². The molecule has 3 aromatic heterocycles. The number of pyridine rings is 1. The molecule has 0 aliphatic rings. The number of aromatic nitrogens is 4. The molecule has 8 aromatic rings. The fourth-order valence-corrected chi connectivity index (χ4v) is 9.89. The highest BCUT2D eigenvalue weighted by Gasteiger charge is 2.31. The van der Waals surface area contributed by atoms with Gasteiger partial charge in [-0.3, -0.25) is 9.38 Å². The van der Waals surface area contributed by atoms with Crippen LogP contribution in [0, 0.1) is 6.92 Å². The van der Waals surface area contributed by atoms with Crippen molar-refractivity contribution in [3.05, 3.63) is 139 Å². The summed E-state index contributed by atoms with van der Waals surface area (Å²) in [5, 5.41) is 13.3. The second kappa shape index (κ2) is 11.8. The SMILES string of the molecule is Cc1nc2cccnc2c2nc3c(-c4cc(C(C)(C)C)cc([Si](C)(C)c5ccccc5O)c4)ccc(-c4ccccc4-c4ccccc4)c3n12. The number of hydrogen-bond acceptors (Lipinski definition) is 4. The van der Waals surface area contributed by atoms with Gasteiger partial charge in [0.2, 0.25) is 0 Å². The topological polar surface area (TPSA) is 63.3 Å². The minimum Gasteiger partial charge on any atom is -0.508 e. The van der Waals surface area contributed by atoms with Gasteiger partial charge in [0.05, 0.1) is 16.6 Å². The summed E-state index contributed by atoms with van der Waals surface area (Å²) < 4.78 is 2.19. The second-order valence-electron chi connectivity index (χ2n) is 14.8. The van der Waals surface area contributed by atoms with E-state index in [1.165, 1.54) is 10.8 Å². The van der Waals surface area contributed by atoms with Crippen LogP contribution in [0.4, 0.5) is 0 Å². The monoisotopic (exact) mass is 668 g/mol. The standard InChI is InChI=1S/C44H40N4OSi/c1-28-46-37-19-14-24-45-41(37)43-47-40-34(22-23-36(42(40)48(28)43)35-18-11-10-17-33(35)29-15-8-7-9-16-29)30-25-31(44(2,3)4)27-32(26-30)50(5,6)39-21-13-12-20-38(39)49/h7-27,49H,1-6H3. The molecule has 0 amide bonds. The van der Waals surface area contributed by atoms with E-state index in [1.807, 2.05) is 30.5 Å². The van der Waals surface area contributed by atoms with Crippen molar-refractivity contribution in [1.29, 1.82) is 0 Å². The number of aryl methyl sites for hydroxylation is 1. The number of fused-ring (bicyclic) bond motifs is 5. The number of hydrogen-bond donors (Lipinski definition) is 1. The van der Waals surface area contributed by atoms with Crippen molar-refractivity contribution in [3.63, 3.8) is 0 Å². The van der Waals surface area contributed by atoms with Gasteiger partial charge < -0.3 is 5.11 Å². The molecule has 0 spiro atoms. The fraction of sp³-hybridized carbons (Fsp3) is 0.159. The van der Waals surface area contributed by atoms with Crippen LogP contribution in [0.5, 0.6) is 5.75 Å². The van der Waals surface area contributed by atoms with Crippen molar-refractivity contribution in [2.24, 2.45) is 0 Å². The number of para-hydroxylation sites is 1. The summed E-state index contributed by atoms with van der Waals surface area (Å²) in [7, 11) is -2.32. The highest BCUT2D eigenvalue weighted by molar-refractivity contribution is 7.01. The highest BCUT2D eigenvalue weighted by Crippen LogP contribution is 2.41. The third-order valence-electron chi connectivity index (χ3n) is 10.1. The van der Waals surface area contributed by atoms with E-state index in [2.05, 4.69) is 136 Å². The average molecular weight is 669 g/mol. The van der Waals surface area contributed by atoms with Gasteiger partial charge in [-0.15, -0.1) is 0 Å². The third kappa shape index (κ3) is 5.19. The lowest BCUT2D eigenvalue weighted by molar-refractivity contribution is 0.479. The molecule has 0 unspecified atom stereocenters. The highest BCUT2D eigenvalue weighted by atomic mass is 28.3. The van der Waals surface area contributed by atoms with Crippen molar-refractivity contribution >= 4 is 46.2 Å². The predicted octanol–water partition coefficient (Wildman–Crippen LogP) is 9.57. The molecule has 0 saturated carbocycles. The molecular formula is C44H40N4OSi. The van der Waals surface area contributed by atoms with Gasteiger partial charge in [0.25, 0.3) is 0 Å². The molecule has 50 heavy (non-hydrogen) atoms. The first-order valence-corrected chi connectivity index (χ1v) is 20.2. The van der Waals surface area contributed by atoms with Crippen molar-refractivity contribution < 1.29 is 5.11 Å². The van der Waals surface area contributed by atoms with Gasteiger partial charge in [-0.2, -0.15) is 0 Å². The first-order valence-electron chi connectivity index (χ1n) is 17.2. The Morgan fingerprint density at radius 3 is 2.10 bits per heavy atom. The zero-order chi connectivity index (χ0) is 34.8. The normalized spacial score (nSPS) is 12.3. The molecule has 0 aliphatic heterocycles. The number of rotatable bonds is 5. The Kier molecular flexibility index (Phi) is 7.46. The van der Waals surface area contributed by atoms with E-state index in [0.29, 0.717) is 5.75 Å². The number of benzene rings is 5. The zero-order valence-electron chi connectivity index (χ0n) is 29.4. The summed E-state index contributed by atoms with van der Waals surface area (Å²) >= 11 is 0. The van der Waals surface area contributed by atoms with E-state index in [9.17, 15) is 5.11 Å². The number of aromatic hydroxyl groups is 1. The molecule has 0 fully saturated rings. The zero-order valence-corrected chi connectivity index (χ0v) is 30.4. The van der Waals surface area contributed by atoms with Crippen LogP contribution in [0.1, 0.15) is 32.2 Å². The fourth-order valence-electron chi connectivity index (χ4n) is 7.31. The van der Waals surface area contributed by atoms with Crippen molar-refractivity contribution in [3.8, 4) is 39.1 Å². The summed E-state index contributed by atoms with van der Waals surface area (Å²) in [6, 6.07) is 42.4. The van der Waals surface area contributed by atoms with Crippen LogP contribution < -0.4 is 10.4 Å². The Labute approximate surface area is 294 Å². The minimum atomic E-state index is -2.32. The molecule has 5 nitrogen and oxygen atoms in total. The first-order chi connectivity index (χ1) is 24.0. The molecule has 6 heteroatoms. The molecule has 0 radical (unpaired) electrons. The Hall–Kier alpha value is -5.59. The van der Waals surface area contributed by atoms with Crippen molar-refractivity contribution in [1.82, 2.24) is 19.4 Å². The van der Waals surface area contributed by atoms with Crippen LogP contribution in [0.15, 0.2) is 128 Å². The van der Waals surface area contributed by atoms with E-state index in [-0.39, 0.29) is 5.41 Å². The lowest BCUT2D eigenvalue weighted by Crippen LogP contribution is -2.53. The van der Waals surface area contributed by atoms with Crippen LogP contribution in [0.3, 0.4) is 0 Å². The van der Waals surface area contributed by atoms with Crippen LogP contribution in [-0.2, 0) is 5.41 Å². The van der Waals surface area contributed by atoms with E-state index in [4.69, 9.17) is 15.0 Å². The van der Waals surface area contributed by atoms with E-state index in [0.717, 1.165) is 72.1 Å². The average Bonchev–Trinajstić information content (AvgIpc) is 3.53. The molecule has 246 valence electrons. The van der Waals surface area contributed by atoms with Gasteiger partial charge in [0.15, 0.2) is 5.65 Å². The van der Waals surface area contributed by atoms with Crippen molar-refractivity contribution in [2.75, 3.05) is 0 Å². The van der Waals surface area contributed by atoms with Gasteiger partial charge >= 0.3 is 0 Å². The van der Waals surface area contributed by atoms with Crippen LogP contribution in [0.2, 0.25) is 13.1 Å². The van der Waals surface area contributed by atoms with Crippen molar-refractivity contribution in [2.45, 2.75) is 46.2 Å². The molecule has 0 saturated heterocycles. The first kappa shape index (κ1) is 31.7. The Morgan fingerprint density at radius 1 is 0.640 bits per heavy atom. The number of nitrogens with zero attached hydrogens (tertiary/aromatic N) is 4. The molecule has 0 bridgehead atoms. The molecule has 5 aromatic carbocycles. The predicted molar refractivity (Wildman–Crippen MR) is 210 cm³/mol. The maximum absolute atomic E-state index is 11.0. The number of phenolic OH excluding ortho intramolecular Hbond substituents is 1. The van der Waals surface area contributed by atoms with Gasteiger partial charge in [-0.25, -0.2) is 9.97 Å². The summed E-state index contributed by atoms with van der Waals surface area (Å²) in [5.74, 6) is 1.22. The lowest BCUT2D eigenvalue weighted by atomic mass is 9.85. The Bertz CT molecular complexity index is 2580. The number of imidazole rings is 1. The van der Waals surface area contributed by atoms with E-state index < -0.39 is 8.07 Å². The van der Waals surface area contributed by atoms with Crippen LogP contribution in [0.25, 0.3) is 61.1 Å². The lowest BCUT2D eigenvalue weighted by Gasteiger charge is -2.29.